The summed E-state index contributed by atoms with van der Waals surface area (Å²) in [7, 11) is 0. The number of hydrogen-bond donors (Lipinski definition) is 0. The zero-order valence-corrected chi connectivity index (χ0v) is 13.6. The first-order chi connectivity index (χ1) is 11.0. The average molecular weight is 308 g/mol. The molecule has 118 valence electrons. The zero-order valence-electron chi connectivity index (χ0n) is 13.6. The summed E-state index contributed by atoms with van der Waals surface area (Å²) in [5.74, 6) is 0.836. The molecule has 0 saturated heterocycles. The zero-order chi connectivity index (χ0) is 16.4. The van der Waals surface area contributed by atoms with Crippen LogP contribution < -0.4 is 10.3 Å². The van der Waals surface area contributed by atoms with Crippen LogP contribution in [0.2, 0.25) is 0 Å². The first-order valence-corrected chi connectivity index (χ1v) is 7.75. The Kier molecular flexibility index (Phi) is 4.15. The predicted octanol–water partition coefficient (Wildman–Crippen LogP) is 3.54. The molecule has 0 radical (unpaired) electrons. The van der Waals surface area contributed by atoms with E-state index < -0.39 is 0 Å². The van der Waals surface area contributed by atoms with Gasteiger partial charge >= 0.3 is 0 Å². The van der Waals surface area contributed by atoms with Crippen LogP contribution in [0.4, 0.5) is 0 Å². The van der Waals surface area contributed by atoms with E-state index in [2.05, 4.69) is 4.98 Å². The van der Waals surface area contributed by atoms with Gasteiger partial charge in [-0.2, -0.15) is 0 Å². The van der Waals surface area contributed by atoms with Gasteiger partial charge in [-0.15, -0.1) is 0 Å². The van der Waals surface area contributed by atoms with E-state index in [1.54, 1.807) is 10.9 Å². The number of rotatable bonds is 4. The number of fused-ring (bicyclic) bond motifs is 1. The molecule has 0 amide bonds. The fourth-order valence-electron chi connectivity index (χ4n) is 2.59. The minimum absolute atomic E-state index is 0.0128. The van der Waals surface area contributed by atoms with Crippen LogP contribution >= 0.6 is 0 Å². The molecular formula is C19H20N2O2. The van der Waals surface area contributed by atoms with Crippen molar-refractivity contribution < 1.29 is 4.74 Å². The molecule has 0 spiro atoms. The molecule has 2 aromatic carbocycles. The number of hydrogen-bond acceptors (Lipinski definition) is 3. The molecule has 0 aliphatic heterocycles. The minimum atomic E-state index is -0.0128. The summed E-state index contributed by atoms with van der Waals surface area (Å²) in [5, 5.41) is 0.660. The summed E-state index contributed by atoms with van der Waals surface area (Å²) < 4.78 is 7.27. The highest BCUT2D eigenvalue weighted by Crippen LogP contribution is 2.15. The maximum atomic E-state index is 12.6. The van der Waals surface area contributed by atoms with Crippen molar-refractivity contribution >= 4 is 10.9 Å². The smallest absolute Gasteiger partial charge is 0.261 e. The maximum Gasteiger partial charge on any atom is 0.261 e. The first kappa shape index (κ1) is 15.3. The number of aromatic nitrogens is 2. The van der Waals surface area contributed by atoms with Crippen LogP contribution in [0.1, 0.15) is 25.0 Å². The predicted molar refractivity (Wildman–Crippen MR) is 92.0 cm³/mol. The highest BCUT2D eigenvalue weighted by atomic mass is 16.5. The quantitative estimate of drug-likeness (QED) is 0.740. The Morgan fingerprint density at radius 3 is 2.57 bits per heavy atom. The van der Waals surface area contributed by atoms with E-state index in [-0.39, 0.29) is 11.7 Å². The van der Waals surface area contributed by atoms with Crippen LogP contribution in [0.15, 0.2) is 53.6 Å². The van der Waals surface area contributed by atoms with Crippen molar-refractivity contribution in [2.45, 2.75) is 33.4 Å². The van der Waals surface area contributed by atoms with E-state index in [1.165, 1.54) is 0 Å². The molecule has 0 atom stereocenters. The molecule has 0 aliphatic carbocycles. The van der Waals surface area contributed by atoms with Crippen LogP contribution in [0.5, 0.6) is 5.75 Å². The first-order valence-electron chi connectivity index (χ1n) is 7.75. The maximum absolute atomic E-state index is 12.6. The van der Waals surface area contributed by atoms with E-state index in [0.717, 1.165) is 22.4 Å². The Morgan fingerprint density at radius 1 is 1.13 bits per heavy atom. The van der Waals surface area contributed by atoms with E-state index in [1.807, 2.05) is 63.2 Å². The van der Waals surface area contributed by atoms with Gasteiger partial charge in [0, 0.05) is 0 Å². The normalized spacial score (nSPS) is 11.1. The van der Waals surface area contributed by atoms with Gasteiger partial charge in [0.2, 0.25) is 0 Å². The van der Waals surface area contributed by atoms with Gasteiger partial charge in [0.05, 0.1) is 29.9 Å². The molecule has 0 N–H and O–H groups in total. The molecule has 1 heterocycles. The fourth-order valence-corrected chi connectivity index (χ4v) is 2.59. The number of para-hydroxylation sites is 1. The molecule has 1 aromatic heterocycles. The van der Waals surface area contributed by atoms with E-state index in [9.17, 15) is 4.79 Å². The molecule has 0 saturated carbocycles. The lowest BCUT2D eigenvalue weighted by Crippen LogP contribution is -2.21. The molecular weight excluding hydrogens is 288 g/mol. The molecule has 0 aliphatic rings. The summed E-state index contributed by atoms with van der Waals surface area (Å²) in [4.78, 5) is 17.0. The van der Waals surface area contributed by atoms with Gasteiger partial charge < -0.3 is 4.74 Å². The average Bonchev–Trinajstić information content (AvgIpc) is 2.52. The highest BCUT2D eigenvalue weighted by molar-refractivity contribution is 5.80. The summed E-state index contributed by atoms with van der Waals surface area (Å²) in [6.07, 6.45) is 1.77. The molecule has 23 heavy (non-hydrogen) atoms. The van der Waals surface area contributed by atoms with Crippen molar-refractivity contribution in [3.63, 3.8) is 0 Å². The van der Waals surface area contributed by atoms with Gasteiger partial charge in [0.25, 0.3) is 5.56 Å². The summed E-state index contributed by atoms with van der Waals surface area (Å²) >= 11 is 0. The lowest BCUT2D eigenvalue weighted by Gasteiger charge is -2.11. The lowest BCUT2D eigenvalue weighted by molar-refractivity contribution is 0.242. The summed E-state index contributed by atoms with van der Waals surface area (Å²) in [6.45, 7) is 6.46. The molecule has 0 bridgehead atoms. The summed E-state index contributed by atoms with van der Waals surface area (Å²) in [5.41, 5.74) is 2.81. The molecule has 4 nitrogen and oxygen atoms in total. The minimum Gasteiger partial charge on any atom is -0.491 e. The van der Waals surface area contributed by atoms with Crippen molar-refractivity contribution in [1.82, 2.24) is 9.55 Å². The standard InChI is InChI=1S/C19H20N2O2/c1-13(2)23-16-9-7-15(8-10-16)11-21-12-20-18-14(3)5-4-6-17(18)19(21)22/h4-10,12-13H,11H2,1-3H3. The van der Waals surface area contributed by atoms with Gasteiger partial charge in [-0.3, -0.25) is 9.36 Å². The van der Waals surface area contributed by atoms with Gasteiger partial charge in [-0.25, -0.2) is 4.98 Å². The SMILES string of the molecule is Cc1cccc2c(=O)n(Cc3ccc(OC(C)C)cc3)cnc12. The van der Waals surface area contributed by atoms with Crippen molar-refractivity contribution in [2.24, 2.45) is 0 Å². The number of benzene rings is 2. The van der Waals surface area contributed by atoms with Crippen molar-refractivity contribution in [2.75, 3.05) is 0 Å². The van der Waals surface area contributed by atoms with Gasteiger partial charge in [0.1, 0.15) is 5.75 Å². The van der Waals surface area contributed by atoms with Gasteiger partial charge in [-0.1, -0.05) is 24.3 Å². The fraction of sp³-hybridized carbons (Fsp3) is 0.263. The largest absolute Gasteiger partial charge is 0.491 e. The topological polar surface area (TPSA) is 44.1 Å². The van der Waals surface area contributed by atoms with Crippen molar-refractivity contribution in [1.29, 1.82) is 0 Å². The Bertz CT molecular complexity index is 880. The Balaban J connectivity index is 1.90. The van der Waals surface area contributed by atoms with Crippen LogP contribution in [0, 0.1) is 6.92 Å². The Hall–Kier alpha value is -2.62. The lowest BCUT2D eigenvalue weighted by atomic mass is 10.1. The summed E-state index contributed by atoms with van der Waals surface area (Å²) in [6, 6.07) is 13.5. The molecule has 3 rings (SSSR count). The third-order valence-electron chi connectivity index (χ3n) is 3.70. The third-order valence-corrected chi connectivity index (χ3v) is 3.70. The molecule has 0 fully saturated rings. The van der Waals surface area contributed by atoms with Crippen molar-refractivity contribution in [3.05, 3.63) is 70.3 Å². The van der Waals surface area contributed by atoms with E-state index >= 15 is 0 Å². The second-order valence-electron chi connectivity index (χ2n) is 5.96. The molecule has 4 heteroatoms. The molecule has 0 unspecified atom stereocenters. The second-order valence-corrected chi connectivity index (χ2v) is 5.96. The molecule has 3 aromatic rings. The monoisotopic (exact) mass is 308 g/mol. The number of nitrogens with zero attached hydrogens (tertiary/aromatic N) is 2. The number of aryl methyl sites for hydroxylation is 1. The second kappa shape index (κ2) is 6.24. The van der Waals surface area contributed by atoms with E-state index in [0.29, 0.717) is 11.9 Å². The van der Waals surface area contributed by atoms with Crippen LogP contribution in [0.25, 0.3) is 10.9 Å². The Labute approximate surface area is 135 Å². The van der Waals surface area contributed by atoms with Gasteiger partial charge in [0.15, 0.2) is 0 Å². The number of ether oxygens (including phenoxy) is 1. The third kappa shape index (κ3) is 3.26. The van der Waals surface area contributed by atoms with E-state index in [4.69, 9.17) is 4.74 Å². The Morgan fingerprint density at radius 2 is 1.87 bits per heavy atom. The van der Waals surface area contributed by atoms with Crippen LogP contribution in [-0.4, -0.2) is 15.7 Å². The van der Waals surface area contributed by atoms with Crippen molar-refractivity contribution in [3.8, 4) is 5.75 Å². The van der Waals surface area contributed by atoms with Crippen LogP contribution in [-0.2, 0) is 6.54 Å². The highest BCUT2D eigenvalue weighted by Gasteiger charge is 2.06. The van der Waals surface area contributed by atoms with Gasteiger partial charge in [-0.05, 0) is 50.1 Å². The van der Waals surface area contributed by atoms with Crippen LogP contribution in [0.3, 0.4) is 0 Å².